The molecule has 0 bridgehead atoms. The van der Waals surface area contributed by atoms with Crippen LogP contribution in [0.5, 0.6) is 0 Å². The summed E-state index contributed by atoms with van der Waals surface area (Å²) in [6.45, 7) is 1.22. The van der Waals surface area contributed by atoms with Gasteiger partial charge in [0.05, 0.1) is 17.0 Å². The number of para-hydroxylation sites is 1. The van der Waals surface area contributed by atoms with Gasteiger partial charge in [0.15, 0.2) is 9.84 Å². The van der Waals surface area contributed by atoms with Crippen molar-refractivity contribution in [1.29, 1.82) is 0 Å². The minimum absolute atomic E-state index is 0.00745. The van der Waals surface area contributed by atoms with Crippen LogP contribution in [0.25, 0.3) is 10.9 Å². The van der Waals surface area contributed by atoms with Gasteiger partial charge in [-0.2, -0.15) is 4.98 Å². The number of fused-ring (bicyclic) bond motifs is 2. The largest absolute Gasteiger partial charge is 0.392 e. The van der Waals surface area contributed by atoms with E-state index in [2.05, 4.69) is 22.3 Å². The van der Waals surface area contributed by atoms with Crippen LogP contribution in [0.3, 0.4) is 0 Å². The van der Waals surface area contributed by atoms with Crippen molar-refractivity contribution in [3.05, 3.63) is 108 Å². The molecule has 1 aliphatic rings. The molecule has 0 saturated heterocycles. The fourth-order valence-corrected chi connectivity index (χ4v) is 6.69. The smallest absolute Gasteiger partial charge is 0.225 e. The number of benzene rings is 4. The molecule has 0 fully saturated rings. The van der Waals surface area contributed by atoms with E-state index in [4.69, 9.17) is 9.97 Å². The number of aliphatic hydroxyl groups excluding tert-OH is 1. The van der Waals surface area contributed by atoms with Crippen molar-refractivity contribution in [2.24, 2.45) is 0 Å². The molecular weight excluding hydrogens is 541 g/mol. The first-order chi connectivity index (χ1) is 19.4. The third kappa shape index (κ3) is 5.28. The maximum atomic E-state index is 12.1. The molecule has 202 valence electrons. The van der Waals surface area contributed by atoms with Gasteiger partial charge >= 0.3 is 0 Å². The fourth-order valence-electron chi connectivity index (χ4n) is 4.95. The lowest BCUT2D eigenvalue weighted by Gasteiger charge is -2.21. The second-order valence-corrected chi connectivity index (χ2v) is 12.8. The number of aliphatic hydroxyl groups is 1. The summed E-state index contributed by atoms with van der Waals surface area (Å²) in [7, 11) is -3.28. The Morgan fingerprint density at radius 1 is 0.900 bits per heavy atom. The van der Waals surface area contributed by atoms with Crippen LogP contribution in [0.4, 0.5) is 17.5 Å². The van der Waals surface area contributed by atoms with Crippen molar-refractivity contribution in [2.75, 3.05) is 23.0 Å². The molecule has 2 heterocycles. The van der Waals surface area contributed by atoms with Gasteiger partial charge in [-0.15, -0.1) is 0 Å². The molecule has 0 atom stereocenters. The number of nitrogens with zero attached hydrogens (tertiary/aromatic N) is 3. The summed E-state index contributed by atoms with van der Waals surface area (Å²) in [6.07, 6.45) is 1.97. The van der Waals surface area contributed by atoms with E-state index in [1.165, 1.54) is 6.26 Å². The van der Waals surface area contributed by atoms with Gasteiger partial charge in [0.2, 0.25) is 5.95 Å². The molecule has 1 aromatic heterocycles. The molecule has 1 aliphatic heterocycles. The van der Waals surface area contributed by atoms with Crippen LogP contribution in [0.15, 0.2) is 106 Å². The second kappa shape index (κ2) is 10.9. The zero-order valence-corrected chi connectivity index (χ0v) is 23.5. The highest BCUT2D eigenvalue weighted by Crippen LogP contribution is 2.38. The van der Waals surface area contributed by atoms with E-state index in [9.17, 15) is 13.5 Å². The Labute approximate surface area is 237 Å². The summed E-state index contributed by atoms with van der Waals surface area (Å²) in [5.41, 5.74) is 4.78. The minimum atomic E-state index is -3.28. The van der Waals surface area contributed by atoms with E-state index in [0.29, 0.717) is 23.9 Å². The number of hydrogen-bond acceptors (Lipinski definition) is 8. The second-order valence-electron chi connectivity index (χ2n) is 9.68. The van der Waals surface area contributed by atoms with Crippen molar-refractivity contribution in [3.63, 3.8) is 0 Å². The molecule has 2 N–H and O–H groups in total. The Hall–Kier alpha value is -3.92. The molecule has 0 radical (unpaired) electrons. The average molecular weight is 569 g/mol. The van der Waals surface area contributed by atoms with Crippen LogP contribution in [-0.2, 0) is 29.4 Å². The predicted molar refractivity (Wildman–Crippen MR) is 160 cm³/mol. The molecule has 4 aromatic carbocycles. The van der Waals surface area contributed by atoms with Gasteiger partial charge in [0, 0.05) is 40.2 Å². The highest BCUT2D eigenvalue weighted by Gasteiger charge is 2.25. The van der Waals surface area contributed by atoms with Gasteiger partial charge in [0.25, 0.3) is 0 Å². The lowest BCUT2D eigenvalue weighted by atomic mass is 10.1. The molecule has 40 heavy (non-hydrogen) atoms. The molecule has 6 rings (SSSR count). The van der Waals surface area contributed by atoms with E-state index < -0.39 is 9.84 Å². The molecule has 0 spiro atoms. The number of hydrogen-bond donors (Lipinski definition) is 2. The van der Waals surface area contributed by atoms with Gasteiger partial charge in [-0.1, -0.05) is 60.3 Å². The van der Waals surface area contributed by atoms with Crippen molar-refractivity contribution >= 4 is 50.0 Å². The highest BCUT2D eigenvalue weighted by atomic mass is 32.2. The Bertz CT molecular complexity index is 1830. The molecule has 0 saturated carbocycles. The summed E-state index contributed by atoms with van der Waals surface area (Å²) in [6, 6.07) is 29.3. The number of anilines is 3. The highest BCUT2D eigenvalue weighted by molar-refractivity contribution is 7.99. The summed E-state index contributed by atoms with van der Waals surface area (Å²) in [4.78, 5) is 14.3. The topological polar surface area (TPSA) is 95.4 Å². The van der Waals surface area contributed by atoms with Crippen LogP contribution in [0.1, 0.15) is 16.7 Å². The van der Waals surface area contributed by atoms with E-state index in [1.807, 2.05) is 66.7 Å². The number of rotatable bonds is 8. The SMILES string of the molecule is CS(=O)(=O)c1ccc2c(c1)CCN2c1nc(NCc2ccccc2Sc2ccccc2CO)nc2ccccc12. The number of sulfone groups is 1. The molecular formula is C31H28N4O3S2. The van der Waals surface area contributed by atoms with E-state index in [1.54, 1.807) is 23.9 Å². The van der Waals surface area contributed by atoms with Crippen LogP contribution in [0.2, 0.25) is 0 Å². The first kappa shape index (κ1) is 26.3. The van der Waals surface area contributed by atoms with Crippen molar-refractivity contribution in [3.8, 4) is 0 Å². The number of nitrogens with one attached hydrogen (secondary N) is 1. The molecule has 9 heteroatoms. The zero-order chi connectivity index (χ0) is 27.7. The molecule has 0 aliphatic carbocycles. The predicted octanol–water partition coefficient (Wildman–Crippen LogP) is 5.98. The first-order valence-corrected chi connectivity index (χ1v) is 15.7. The molecule has 0 amide bonds. The van der Waals surface area contributed by atoms with Crippen LogP contribution in [0, 0.1) is 0 Å². The van der Waals surface area contributed by atoms with Crippen LogP contribution < -0.4 is 10.2 Å². The van der Waals surface area contributed by atoms with E-state index in [0.717, 1.165) is 55.3 Å². The van der Waals surface area contributed by atoms with E-state index in [-0.39, 0.29) is 6.61 Å². The third-order valence-corrected chi connectivity index (χ3v) is 9.33. The number of aromatic nitrogens is 2. The Morgan fingerprint density at radius 3 is 2.38 bits per heavy atom. The summed E-state index contributed by atoms with van der Waals surface area (Å²) >= 11 is 1.63. The maximum absolute atomic E-state index is 12.1. The Kier molecular flexibility index (Phi) is 7.18. The quantitative estimate of drug-likeness (QED) is 0.236. The van der Waals surface area contributed by atoms with Gasteiger partial charge in [-0.3, -0.25) is 0 Å². The summed E-state index contributed by atoms with van der Waals surface area (Å²) in [5, 5.41) is 14.1. The van der Waals surface area contributed by atoms with Gasteiger partial charge in [-0.05, 0) is 65.6 Å². The maximum Gasteiger partial charge on any atom is 0.225 e. The van der Waals surface area contributed by atoms with Gasteiger partial charge in [0.1, 0.15) is 5.82 Å². The zero-order valence-electron chi connectivity index (χ0n) is 21.9. The Morgan fingerprint density at radius 2 is 1.60 bits per heavy atom. The molecule has 0 unspecified atom stereocenters. The summed E-state index contributed by atoms with van der Waals surface area (Å²) in [5.74, 6) is 1.31. The summed E-state index contributed by atoms with van der Waals surface area (Å²) < 4.78 is 24.2. The Balaban J connectivity index is 1.31. The van der Waals surface area contributed by atoms with Crippen molar-refractivity contribution in [1.82, 2.24) is 9.97 Å². The first-order valence-electron chi connectivity index (χ1n) is 13.0. The lowest BCUT2D eigenvalue weighted by molar-refractivity contribution is 0.279. The van der Waals surface area contributed by atoms with E-state index >= 15 is 0 Å². The van der Waals surface area contributed by atoms with Gasteiger partial charge in [-0.25, -0.2) is 13.4 Å². The van der Waals surface area contributed by atoms with Crippen molar-refractivity contribution in [2.45, 2.75) is 34.3 Å². The molecule has 5 aromatic rings. The molecule has 7 nitrogen and oxygen atoms in total. The van der Waals surface area contributed by atoms with Crippen LogP contribution in [-0.4, -0.2) is 36.3 Å². The third-order valence-electron chi connectivity index (χ3n) is 6.99. The minimum Gasteiger partial charge on any atom is -0.392 e. The standard InChI is InChI=1S/C31H28N4O3S2/c1-40(37,38)24-14-15-27-21(18-24)16-17-35(27)30-25-10-4-5-11-26(25)33-31(34-30)32-19-22-8-2-6-12-28(22)39-29-13-7-3-9-23(29)20-36/h2-15,18,36H,16-17,19-20H2,1H3,(H,32,33,34). The lowest BCUT2D eigenvalue weighted by Crippen LogP contribution is -2.17. The van der Waals surface area contributed by atoms with Crippen molar-refractivity contribution < 1.29 is 13.5 Å². The monoisotopic (exact) mass is 568 g/mol. The normalized spacial score (nSPS) is 13.0. The fraction of sp³-hybridized carbons (Fsp3) is 0.161. The van der Waals surface area contributed by atoms with Crippen LogP contribution >= 0.6 is 11.8 Å². The van der Waals surface area contributed by atoms with Gasteiger partial charge < -0.3 is 15.3 Å². The average Bonchev–Trinajstić information content (AvgIpc) is 3.39.